The molecule has 6 aromatic carbocycles. The first-order valence-corrected chi connectivity index (χ1v) is 54.9. The number of sulfone groups is 1. The third-order valence-electron chi connectivity index (χ3n) is 20.5. The second-order valence-corrected chi connectivity index (χ2v) is 43.8. The number of H-pyrrole nitrogens is 1. The normalized spacial score (nSPS) is 12.6. The molecule has 1 atom stereocenters. The van der Waals surface area contributed by atoms with Crippen molar-refractivity contribution in [3.8, 4) is 73.6 Å². The predicted octanol–water partition coefficient (Wildman–Crippen LogP) is 27.1. The first kappa shape index (κ1) is 119. The molecule has 18 aromatic rings. The Labute approximate surface area is 971 Å². The fourth-order valence-electron chi connectivity index (χ4n) is 14.9. The zero-order valence-electron chi connectivity index (χ0n) is 80.3. The van der Waals surface area contributed by atoms with Crippen molar-refractivity contribution in [2.75, 3.05) is 54.5 Å². The summed E-state index contributed by atoms with van der Waals surface area (Å²) in [6.07, 6.45) is 0. The van der Waals surface area contributed by atoms with E-state index in [4.69, 9.17) is 242 Å². The molecule has 0 spiro atoms. The van der Waals surface area contributed by atoms with Gasteiger partial charge in [-0.2, -0.15) is 35.9 Å². The van der Waals surface area contributed by atoms with E-state index in [1.807, 2.05) is 104 Å². The molecule has 0 saturated heterocycles. The number of alkyl halides is 5. The van der Waals surface area contributed by atoms with Gasteiger partial charge >= 0.3 is 29.6 Å². The van der Waals surface area contributed by atoms with Crippen LogP contribution in [-0.2, 0) is 53.4 Å². The molecule has 146 heavy (non-hydrogen) atoms. The number of rotatable bonds is 11. The van der Waals surface area contributed by atoms with Crippen LogP contribution in [0.3, 0.4) is 0 Å². The SMILES string of the molecule is CC#N.CCO.Cc1cc(Cl)c2c(n1)c(-c1ccc(Cl)cc1Cl)nn2CCCl.Cc1cc(Cl)c2n[nH]c(-c3ccc(Cl)cc3Cl)c2n1.Cc1cc(Cl)c2nn(CCCl)c(-c3ccc(Cl)cc3Cl)c2n1.Cc1cc2c3c(n1)c(-c1ccc(Cl)cc1Cl)nn3CCS2.Cc1cc2c3c(n1)c(-c1ccc(Cl)cc1Cl)nn3CCS2(=O)=O.Cc1cc2c3c(n1)c(-c1ccc(Cl)cc1Cl)nn3CCS2=O.ClCCCl.NC(N)=S.[2H]CF.[H-].[Na+]. The van der Waals surface area contributed by atoms with Crippen molar-refractivity contribution in [2.45, 2.75) is 103 Å². The number of nitriles is 1. The molecule has 0 saturated carbocycles. The average molecular weight is 2440 g/mol. The summed E-state index contributed by atoms with van der Waals surface area (Å²) in [5.74, 6) is 3.59. The number of benzene rings is 6. The number of nitrogens with zero attached hydrogens (tertiary/aromatic N) is 18. The number of pyridine rings is 6. The van der Waals surface area contributed by atoms with E-state index < -0.39 is 27.8 Å². The summed E-state index contributed by atoms with van der Waals surface area (Å²) < 4.78 is 61.6. The molecule has 0 radical (unpaired) electrons. The largest absolute Gasteiger partial charge is 1.00 e. The molecule has 0 fully saturated rings. The maximum absolute atomic E-state index is 12.4. The van der Waals surface area contributed by atoms with Crippen LogP contribution in [0.25, 0.3) is 134 Å². The van der Waals surface area contributed by atoms with E-state index in [0.29, 0.717) is 198 Å². The summed E-state index contributed by atoms with van der Waals surface area (Å²) in [5.41, 5.74) is 32.0. The average Bonchev–Trinajstić information content (AvgIpc) is 1.58. The molecule has 6 N–H and O–H groups in total. The number of nitrogens with two attached hydrogens (primary N) is 2. The van der Waals surface area contributed by atoms with Gasteiger partial charge in [-0.15, -0.1) is 58.2 Å². The number of aryl methyl sites for hydroxylation is 11. The fourth-order valence-corrected chi connectivity index (χ4v) is 23.0. The molecule has 3 aliphatic rings. The summed E-state index contributed by atoms with van der Waals surface area (Å²) in [6, 6.07) is 44.5. The number of halogens is 20. The monoisotopic (exact) mass is 2430 g/mol. The summed E-state index contributed by atoms with van der Waals surface area (Å²) >= 11 is 120. The van der Waals surface area contributed by atoms with Gasteiger partial charge in [0.15, 0.2) is 14.9 Å². The molecule has 12 aromatic heterocycles. The van der Waals surface area contributed by atoms with E-state index in [0.717, 1.165) is 118 Å². The minimum Gasteiger partial charge on any atom is -1.00 e. The van der Waals surface area contributed by atoms with E-state index in [-0.39, 0.29) is 53.4 Å². The molecule has 15 heterocycles. The van der Waals surface area contributed by atoms with Gasteiger partial charge in [-0.3, -0.25) is 37.1 Å². The van der Waals surface area contributed by atoms with Crippen LogP contribution in [0.15, 0.2) is 160 Å². The quantitative estimate of drug-likeness (QED) is 0.0531. The molecule has 50 heteroatoms. The van der Waals surface area contributed by atoms with E-state index in [1.54, 1.807) is 125 Å². The molecule has 762 valence electrons. The van der Waals surface area contributed by atoms with Gasteiger partial charge in [0.05, 0.1) is 130 Å². The van der Waals surface area contributed by atoms with Gasteiger partial charge in [0.2, 0.25) is 0 Å². The van der Waals surface area contributed by atoms with E-state index in [9.17, 15) is 17.0 Å². The molecule has 0 amide bonds. The van der Waals surface area contributed by atoms with Gasteiger partial charge in [0, 0.05) is 151 Å². The molecule has 3 aliphatic heterocycles. The third kappa shape index (κ3) is 29.3. The summed E-state index contributed by atoms with van der Waals surface area (Å²) in [5, 5.41) is 53.4. The number of thioether (sulfide) groups is 1. The number of aliphatic hydroxyl groups is 1. The summed E-state index contributed by atoms with van der Waals surface area (Å²) in [7, 11) is -5.32. The van der Waals surface area contributed by atoms with E-state index >= 15 is 0 Å². The number of thiocarbonyl (C=S) groups is 1. The van der Waals surface area contributed by atoms with Crippen LogP contribution in [0.4, 0.5) is 4.39 Å². The standard InChI is InChI=1S/2C15H11Cl4N3.C15H11Cl2N3O2S.C15H11Cl2N3OS.C15H11Cl2N3S.C13H8Cl3N3.C2H4Cl2.C2H3N.C2H6O.CH3F.CH4N2S.Na.H/c1-8-6-12(19)13-14(20-8)15(22(21-13)5-4-16)10-3-2-9(17)7-11(10)18;1-8-6-12(19)15-14(20-8)13(21-22(15)5-4-16)10-3-2-9(17)7-11(10)18;1-8-6-12-15-14(18-8)13(10-3-2-9(16)7-11(10)17)19-20(15)4-5-23(12,21)22;1-8-6-12-15-14(18-8)13(19-20(15)4-5-22(12)21)10-3-2-9(16)7-11(10)17;1-8-6-12-15-14(18-8)13(19-20(15)4-5-21-12)10-3-2-9(16)7-11(10)17;1-6-4-10(16)12-13(17-6)11(18-19-12)8-3-2-7(14)5-9(8)15;3-1-2-4;2*1-2-3;1-2;2-1(3)4;;/h2*2-3,6-7H,4-5H2,1H3;2-3,6-7H,4-5H2,1H3;2-3,6-7H,4-5H2,1H3;2-3,6-7H,4-5H2,1H3;2-5H,1H3,(H,18,19);1-2H2;1H3;3H,2H2,1H3;1H3;(H4,2,3,4);;/q;;;;;;;;;;;+1;-1/i;;;;;;;;;1D;;;. The molecular weight excluding hydrogens is 2360 g/mol. The number of fused-ring (bicyclic) bond motifs is 3. The number of hydrogen-bond acceptors (Lipinski definition) is 19. The summed E-state index contributed by atoms with van der Waals surface area (Å²) in [6.45, 7) is 17.6. The van der Waals surface area contributed by atoms with E-state index in [2.05, 4.69) is 85.3 Å². The van der Waals surface area contributed by atoms with Crippen molar-refractivity contribution in [1.82, 2.24) is 89.0 Å². The van der Waals surface area contributed by atoms with Crippen LogP contribution in [0.1, 0.15) is 50.8 Å². The van der Waals surface area contributed by atoms with Crippen LogP contribution < -0.4 is 41.0 Å². The minimum atomic E-state index is -3.31. The topological polar surface area (TPSA) is 342 Å². The Morgan fingerprint density at radius 2 is 0.822 bits per heavy atom. The van der Waals surface area contributed by atoms with Crippen molar-refractivity contribution in [2.24, 2.45) is 11.5 Å². The maximum Gasteiger partial charge on any atom is 1.00 e. The van der Waals surface area contributed by atoms with Crippen molar-refractivity contribution >= 4 is 336 Å². The van der Waals surface area contributed by atoms with Crippen LogP contribution in [-0.4, -0.2) is 166 Å². The number of hydrogen-bond donors (Lipinski definition) is 4. The zero-order valence-corrected chi connectivity index (χ0v) is 98.0. The Kier molecular flexibility index (Phi) is 45.4. The van der Waals surface area contributed by atoms with Gasteiger partial charge in [0.25, 0.3) is 0 Å². The molecule has 0 aliphatic carbocycles. The Morgan fingerprint density at radius 1 is 0.473 bits per heavy atom. The Hall–Kier alpha value is -6.93. The summed E-state index contributed by atoms with van der Waals surface area (Å²) in [4.78, 5) is 29.8. The van der Waals surface area contributed by atoms with Gasteiger partial charge < -0.3 is 18.0 Å². The second kappa shape index (κ2) is 55.6. The molecular formula is C96H84Cl19FN21NaO4S4. The van der Waals surface area contributed by atoms with Gasteiger partial charge in [-0.1, -0.05) is 174 Å². The van der Waals surface area contributed by atoms with E-state index in [1.165, 1.54) is 11.8 Å². The van der Waals surface area contributed by atoms with Crippen molar-refractivity contribution in [1.29, 1.82) is 5.26 Å². The number of aliphatic hydroxyl groups excluding tert-OH is 1. The Bertz CT molecular complexity index is 8070. The van der Waals surface area contributed by atoms with Crippen molar-refractivity contribution in [3.05, 3.63) is 255 Å². The number of nitrogens with one attached hydrogen (secondary N) is 1. The maximum atomic E-state index is 12.4. The zero-order chi connectivity index (χ0) is 107. The smallest absolute Gasteiger partial charge is 1.00 e. The molecule has 0 bridgehead atoms. The molecule has 25 nitrogen and oxygen atoms in total. The second-order valence-electron chi connectivity index (χ2n) is 30.8. The number of aromatic nitrogens is 18. The van der Waals surface area contributed by atoms with Gasteiger partial charge in [-0.05, 0) is 206 Å². The Morgan fingerprint density at radius 3 is 1.26 bits per heavy atom. The first-order chi connectivity index (χ1) is 69.5. The molecule has 1 unspecified atom stereocenters. The predicted molar refractivity (Wildman–Crippen MR) is 608 cm³/mol. The Balaban J connectivity index is 0.000000191. The van der Waals surface area contributed by atoms with Crippen LogP contribution >= 0.6 is 244 Å². The molecule has 21 rings (SSSR count). The van der Waals surface area contributed by atoms with Crippen molar-refractivity contribution in [3.63, 3.8) is 0 Å². The third-order valence-corrected chi connectivity index (χ3v) is 29.6. The van der Waals surface area contributed by atoms with Gasteiger partial charge in [0.1, 0.15) is 89.0 Å². The van der Waals surface area contributed by atoms with Crippen molar-refractivity contribution < 1.29 is 54.5 Å². The van der Waals surface area contributed by atoms with Crippen LogP contribution in [0.5, 0.6) is 0 Å². The van der Waals surface area contributed by atoms with Gasteiger partial charge in [-0.25, -0.2) is 38.3 Å². The minimum absolute atomic E-state index is 0. The van der Waals surface area contributed by atoms with Crippen LogP contribution in [0.2, 0.25) is 75.3 Å². The van der Waals surface area contributed by atoms with Crippen LogP contribution in [0, 0.1) is 52.9 Å². The first-order valence-electron chi connectivity index (χ1n) is 43.5. The number of aromatic amines is 1. The fraction of sp³-hybridized carbons (Fsp3) is 0.229.